The number of fused-ring (bicyclic) bond motifs is 2. The summed E-state index contributed by atoms with van der Waals surface area (Å²) in [5, 5.41) is 3.70. The topological polar surface area (TPSA) is 12.0 Å². The van der Waals surface area contributed by atoms with Gasteiger partial charge >= 0.3 is 0 Å². The van der Waals surface area contributed by atoms with E-state index in [4.69, 9.17) is 0 Å². The minimum atomic E-state index is -0.199. The van der Waals surface area contributed by atoms with Crippen LogP contribution >= 0.6 is 0 Å². The smallest absolute Gasteiger partial charge is 0.123 e. The first kappa shape index (κ1) is 13.9. The molecule has 2 saturated heterocycles. The van der Waals surface area contributed by atoms with Gasteiger partial charge in [0.25, 0.3) is 0 Å². The van der Waals surface area contributed by atoms with Crippen LogP contribution in [0.5, 0.6) is 0 Å². The van der Waals surface area contributed by atoms with Crippen molar-refractivity contribution < 1.29 is 8.78 Å². The Bertz CT molecular complexity index is 650. The highest BCUT2D eigenvalue weighted by Crippen LogP contribution is 2.47. The van der Waals surface area contributed by atoms with Gasteiger partial charge in [-0.05, 0) is 60.6 Å². The van der Waals surface area contributed by atoms with E-state index in [0.717, 1.165) is 12.8 Å². The second-order valence-electron chi connectivity index (χ2n) is 6.52. The molecule has 2 aromatic carbocycles. The molecule has 22 heavy (non-hydrogen) atoms. The Morgan fingerprint density at radius 2 is 1.36 bits per heavy atom. The van der Waals surface area contributed by atoms with Gasteiger partial charge in [0.15, 0.2) is 0 Å². The summed E-state index contributed by atoms with van der Waals surface area (Å²) < 4.78 is 26.5. The maximum Gasteiger partial charge on any atom is 0.123 e. The van der Waals surface area contributed by atoms with Crippen molar-refractivity contribution in [2.45, 2.75) is 43.2 Å². The molecule has 0 spiro atoms. The molecule has 0 unspecified atom stereocenters. The molecule has 0 aliphatic carbocycles. The average Bonchev–Trinajstić information content (AvgIpc) is 2.91. The van der Waals surface area contributed by atoms with Gasteiger partial charge in [-0.15, -0.1) is 0 Å². The zero-order valence-corrected chi connectivity index (χ0v) is 12.3. The molecule has 2 heterocycles. The predicted octanol–water partition coefficient (Wildman–Crippen LogP) is 4.36. The monoisotopic (exact) mass is 299 g/mol. The van der Waals surface area contributed by atoms with Crippen molar-refractivity contribution >= 4 is 0 Å². The first-order valence-corrected chi connectivity index (χ1v) is 7.98. The molecule has 0 aromatic heterocycles. The van der Waals surface area contributed by atoms with Gasteiger partial charge in [-0.2, -0.15) is 0 Å². The van der Waals surface area contributed by atoms with E-state index >= 15 is 0 Å². The van der Waals surface area contributed by atoms with Gasteiger partial charge in [-0.25, -0.2) is 8.78 Å². The molecule has 0 saturated carbocycles. The predicted molar refractivity (Wildman–Crippen MR) is 82.8 cm³/mol. The van der Waals surface area contributed by atoms with E-state index in [1.165, 1.54) is 29.7 Å². The maximum atomic E-state index is 13.2. The highest BCUT2D eigenvalue weighted by atomic mass is 19.1. The van der Waals surface area contributed by atoms with E-state index in [-0.39, 0.29) is 11.6 Å². The van der Waals surface area contributed by atoms with Crippen molar-refractivity contribution in [3.05, 3.63) is 71.3 Å². The van der Waals surface area contributed by atoms with Crippen molar-refractivity contribution in [1.29, 1.82) is 0 Å². The summed E-state index contributed by atoms with van der Waals surface area (Å²) in [4.78, 5) is 0. The van der Waals surface area contributed by atoms with Crippen LogP contribution in [-0.2, 0) is 0 Å². The third kappa shape index (κ3) is 2.44. The average molecular weight is 299 g/mol. The van der Waals surface area contributed by atoms with Crippen LogP contribution in [0.3, 0.4) is 0 Å². The summed E-state index contributed by atoms with van der Waals surface area (Å²) in [5.41, 5.74) is 2.36. The van der Waals surface area contributed by atoms with Gasteiger partial charge in [0.05, 0.1) is 0 Å². The van der Waals surface area contributed by atoms with Gasteiger partial charge < -0.3 is 5.32 Å². The van der Waals surface area contributed by atoms with E-state index in [1.807, 2.05) is 24.3 Å². The van der Waals surface area contributed by atoms with Crippen LogP contribution in [-0.4, -0.2) is 12.1 Å². The van der Waals surface area contributed by atoms with Crippen LogP contribution in [0.15, 0.2) is 48.5 Å². The molecule has 4 atom stereocenters. The standard InChI is InChI=1S/C19H19F2N/c20-14-5-1-12(2-6-14)17-11-16-9-10-18(22-16)19(17)13-3-7-15(21)8-4-13/h1-8,16-19,22H,9-11H2/t16-,17-,18+,19-/m0/s1. The summed E-state index contributed by atoms with van der Waals surface area (Å²) in [6.07, 6.45) is 3.41. The molecule has 3 heteroatoms. The van der Waals surface area contributed by atoms with Gasteiger partial charge in [-0.1, -0.05) is 24.3 Å². The van der Waals surface area contributed by atoms with E-state index in [9.17, 15) is 8.78 Å². The lowest BCUT2D eigenvalue weighted by Gasteiger charge is -2.38. The molecule has 1 N–H and O–H groups in total. The van der Waals surface area contributed by atoms with Gasteiger partial charge in [0.1, 0.15) is 11.6 Å². The lowest BCUT2D eigenvalue weighted by molar-refractivity contribution is 0.316. The van der Waals surface area contributed by atoms with Crippen LogP contribution in [0.1, 0.15) is 42.2 Å². The molecule has 2 aromatic rings. The highest BCUT2D eigenvalue weighted by Gasteiger charge is 2.42. The molecule has 0 amide bonds. The number of nitrogens with one attached hydrogen (secondary N) is 1. The fraction of sp³-hybridized carbons (Fsp3) is 0.368. The third-order valence-corrected chi connectivity index (χ3v) is 5.23. The Balaban J connectivity index is 1.73. The Kier molecular flexibility index (Phi) is 3.45. The summed E-state index contributed by atoms with van der Waals surface area (Å²) in [6.45, 7) is 0. The molecular weight excluding hydrogens is 280 g/mol. The van der Waals surface area contributed by atoms with Crippen molar-refractivity contribution in [2.24, 2.45) is 0 Å². The Labute approximate surface area is 129 Å². The first-order valence-electron chi connectivity index (χ1n) is 7.98. The number of benzene rings is 2. The molecule has 2 aliphatic rings. The Hall–Kier alpha value is -1.74. The summed E-state index contributed by atoms with van der Waals surface area (Å²) >= 11 is 0. The van der Waals surface area contributed by atoms with Gasteiger partial charge in [-0.3, -0.25) is 0 Å². The van der Waals surface area contributed by atoms with Crippen molar-refractivity contribution in [2.75, 3.05) is 0 Å². The Morgan fingerprint density at radius 3 is 2.00 bits per heavy atom. The fourth-order valence-corrected chi connectivity index (χ4v) is 4.26. The van der Waals surface area contributed by atoms with E-state index in [1.54, 1.807) is 12.1 Å². The zero-order valence-electron chi connectivity index (χ0n) is 12.3. The lowest BCUT2D eigenvalue weighted by Crippen LogP contribution is -2.43. The molecule has 2 bridgehead atoms. The maximum absolute atomic E-state index is 13.2. The minimum absolute atomic E-state index is 0.195. The molecule has 2 aliphatic heterocycles. The normalized spacial score (nSPS) is 30.5. The largest absolute Gasteiger partial charge is 0.311 e. The lowest BCUT2D eigenvalue weighted by atomic mass is 9.73. The minimum Gasteiger partial charge on any atom is -0.311 e. The van der Waals surface area contributed by atoms with Crippen LogP contribution < -0.4 is 5.32 Å². The molecule has 4 rings (SSSR count). The van der Waals surface area contributed by atoms with E-state index in [0.29, 0.717) is 23.9 Å². The van der Waals surface area contributed by atoms with Gasteiger partial charge in [0, 0.05) is 18.0 Å². The fourth-order valence-electron chi connectivity index (χ4n) is 4.26. The van der Waals surface area contributed by atoms with Crippen LogP contribution in [0.2, 0.25) is 0 Å². The Morgan fingerprint density at radius 1 is 0.773 bits per heavy atom. The van der Waals surface area contributed by atoms with E-state index in [2.05, 4.69) is 5.32 Å². The highest BCUT2D eigenvalue weighted by molar-refractivity contribution is 5.33. The van der Waals surface area contributed by atoms with Crippen LogP contribution in [0.4, 0.5) is 8.78 Å². The van der Waals surface area contributed by atoms with Crippen LogP contribution in [0, 0.1) is 11.6 Å². The van der Waals surface area contributed by atoms with Crippen LogP contribution in [0.25, 0.3) is 0 Å². The number of hydrogen-bond donors (Lipinski definition) is 1. The van der Waals surface area contributed by atoms with Crippen molar-refractivity contribution in [3.63, 3.8) is 0 Å². The summed E-state index contributed by atoms with van der Waals surface area (Å²) in [6, 6.07) is 14.8. The third-order valence-electron chi connectivity index (χ3n) is 5.23. The second kappa shape index (κ2) is 5.47. The summed E-state index contributed by atoms with van der Waals surface area (Å²) in [7, 11) is 0. The molecular formula is C19H19F2N. The van der Waals surface area contributed by atoms with Crippen molar-refractivity contribution in [1.82, 2.24) is 5.32 Å². The number of rotatable bonds is 2. The number of hydrogen-bond acceptors (Lipinski definition) is 1. The molecule has 1 nitrogen and oxygen atoms in total. The summed E-state index contributed by atoms with van der Waals surface area (Å²) in [5.74, 6) is 0.295. The first-order chi connectivity index (χ1) is 10.7. The van der Waals surface area contributed by atoms with E-state index < -0.39 is 0 Å². The number of piperidine rings is 1. The zero-order chi connectivity index (χ0) is 15.1. The molecule has 2 fully saturated rings. The SMILES string of the molecule is Fc1ccc([C@@H]2[C@H]3CC[C@@H](C[C@H]2c2ccc(F)cc2)N3)cc1. The van der Waals surface area contributed by atoms with Gasteiger partial charge in [0.2, 0.25) is 0 Å². The molecule has 114 valence electrons. The van der Waals surface area contributed by atoms with Crippen molar-refractivity contribution in [3.8, 4) is 0 Å². The quantitative estimate of drug-likeness (QED) is 0.869. The number of halogens is 2. The second-order valence-corrected chi connectivity index (χ2v) is 6.52. The molecule has 0 radical (unpaired) electrons.